The molecule has 0 radical (unpaired) electrons. The van der Waals surface area contributed by atoms with Gasteiger partial charge in [-0.25, -0.2) is 4.39 Å². The van der Waals surface area contributed by atoms with Gasteiger partial charge in [-0.2, -0.15) is 0 Å². The van der Waals surface area contributed by atoms with Crippen molar-refractivity contribution in [2.24, 2.45) is 0 Å². The molecule has 0 fully saturated rings. The molecule has 110 valence electrons. The maximum absolute atomic E-state index is 13.8. The maximum Gasteiger partial charge on any atom is 0.276 e. The lowest BCUT2D eigenvalue weighted by Gasteiger charge is -2.09. The number of nitrogens with zero attached hydrogens (tertiary/aromatic N) is 1. The number of alkyl halides is 1. The van der Waals surface area contributed by atoms with Gasteiger partial charge in [-0.3, -0.25) is 10.1 Å². The zero-order valence-corrected chi connectivity index (χ0v) is 13.0. The molecule has 0 heterocycles. The number of benzene rings is 2. The molecular formula is C14H10BrClFNO3. The molecular weight excluding hydrogens is 365 g/mol. The summed E-state index contributed by atoms with van der Waals surface area (Å²) < 4.78 is 19.1. The standard InChI is InChI=1S/C14H10BrClFNO3/c15-7-9-1-4-14(12(17)5-9)21-8-10-6-11(16)2-3-13(10)18(19)20/h1-6H,7-8H2. The third kappa shape index (κ3) is 3.92. The number of halogens is 3. The Morgan fingerprint density at radius 1 is 1.29 bits per heavy atom. The number of nitro groups is 1. The molecule has 0 aliphatic carbocycles. The van der Waals surface area contributed by atoms with Crippen LogP contribution < -0.4 is 4.74 Å². The van der Waals surface area contributed by atoms with E-state index < -0.39 is 10.7 Å². The van der Waals surface area contributed by atoms with Crippen LogP contribution >= 0.6 is 27.5 Å². The van der Waals surface area contributed by atoms with E-state index in [2.05, 4.69) is 15.9 Å². The summed E-state index contributed by atoms with van der Waals surface area (Å²) in [5.41, 5.74) is 0.946. The second-order valence-corrected chi connectivity index (χ2v) is 5.21. The van der Waals surface area contributed by atoms with Crippen LogP contribution in [0.1, 0.15) is 11.1 Å². The van der Waals surface area contributed by atoms with Crippen LogP contribution in [0.3, 0.4) is 0 Å². The first-order chi connectivity index (χ1) is 10.0. The Labute approximate surface area is 133 Å². The highest BCUT2D eigenvalue weighted by Crippen LogP contribution is 2.26. The fourth-order valence-corrected chi connectivity index (χ4v) is 2.29. The van der Waals surface area contributed by atoms with Gasteiger partial charge in [-0.05, 0) is 29.8 Å². The Bertz CT molecular complexity index is 681. The smallest absolute Gasteiger partial charge is 0.276 e. The number of ether oxygens (including phenoxy) is 1. The molecule has 21 heavy (non-hydrogen) atoms. The highest BCUT2D eigenvalue weighted by atomic mass is 79.9. The van der Waals surface area contributed by atoms with Crippen molar-refractivity contribution in [1.29, 1.82) is 0 Å². The maximum atomic E-state index is 13.8. The van der Waals surface area contributed by atoms with Gasteiger partial charge in [0.1, 0.15) is 6.61 Å². The van der Waals surface area contributed by atoms with Gasteiger partial charge in [-0.15, -0.1) is 0 Å². The number of rotatable bonds is 5. The largest absolute Gasteiger partial charge is 0.486 e. The molecule has 0 spiro atoms. The van der Waals surface area contributed by atoms with E-state index in [0.29, 0.717) is 10.4 Å². The summed E-state index contributed by atoms with van der Waals surface area (Å²) >= 11 is 9.04. The molecule has 7 heteroatoms. The molecule has 0 N–H and O–H groups in total. The van der Waals surface area contributed by atoms with Crippen molar-refractivity contribution in [3.8, 4) is 5.75 Å². The number of hydrogen-bond donors (Lipinski definition) is 0. The average molecular weight is 375 g/mol. The molecule has 4 nitrogen and oxygen atoms in total. The summed E-state index contributed by atoms with van der Waals surface area (Å²) in [6.07, 6.45) is 0. The molecule has 0 bridgehead atoms. The lowest BCUT2D eigenvalue weighted by Crippen LogP contribution is -2.02. The monoisotopic (exact) mass is 373 g/mol. The van der Waals surface area contributed by atoms with E-state index in [4.69, 9.17) is 16.3 Å². The van der Waals surface area contributed by atoms with E-state index in [1.165, 1.54) is 30.3 Å². The van der Waals surface area contributed by atoms with E-state index in [9.17, 15) is 14.5 Å². The molecule has 0 aromatic heterocycles. The fraction of sp³-hybridized carbons (Fsp3) is 0.143. The van der Waals surface area contributed by atoms with Crippen LogP contribution in [0, 0.1) is 15.9 Å². The van der Waals surface area contributed by atoms with E-state index >= 15 is 0 Å². The van der Waals surface area contributed by atoms with Crippen molar-refractivity contribution >= 4 is 33.2 Å². The minimum Gasteiger partial charge on any atom is -0.486 e. The average Bonchev–Trinajstić information content (AvgIpc) is 2.45. The first kappa shape index (κ1) is 15.7. The molecule has 0 amide bonds. The van der Waals surface area contributed by atoms with Gasteiger partial charge in [0.25, 0.3) is 5.69 Å². The van der Waals surface area contributed by atoms with Crippen LogP contribution in [0.25, 0.3) is 0 Å². The summed E-state index contributed by atoms with van der Waals surface area (Å²) in [6, 6.07) is 8.70. The Balaban J connectivity index is 2.20. The minimum atomic E-state index is -0.528. The summed E-state index contributed by atoms with van der Waals surface area (Å²) in [5.74, 6) is -0.481. The van der Waals surface area contributed by atoms with Crippen LogP contribution in [0.15, 0.2) is 36.4 Å². The van der Waals surface area contributed by atoms with Crippen molar-refractivity contribution in [3.63, 3.8) is 0 Å². The van der Waals surface area contributed by atoms with E-state index in [1.807, 2.05) is 0 Å². The quantitative estimate of drug-likeness (QED) is 0.426. The zero-order valence-electron chi connectivity index (χ0n) is 10.7. The van der Waals surface area contributed by atoms with Crippen molar-refractivity contribution in [1.82, 2.24) is 0 Å². The van der Waals surface area contributed by atoms with Crippen LogP contribution in [0.5, 0.6) is 5.75 Å². The Morgan fingerprint density at radius 2 is 2.05 bits per heavy atom. The van der Waals surface area contributed by atoms with Crippen molar-refractivity contribution in [2.75, 3.05) is 0 Å². The highest BCUT2D eigenvalue weighted by molar-refractivity contribution is 9.08. The van der Waals surface area contributed by atoms with Crippen LogP contribution in [0.4, 0.5) is 10.1 Å². The summed E-state index contributed by atoms with van der Waals surface area (Å²) in [6.45, 7) is -0.137. The number of nitro benzene ring substituents is 1. The van der Waals surface area contributed by atoms with Crippen molar-refractivity contribution < 1.29 is 14.1 Å². The molecule has 0 atom stereocenters. The van der Waals surface area contributed by atoms with Gasteiger partial charge >= 0.3 is 0 Å². The molecule has 2 rings (SSSR count). The second-order valence-electron chi connectivity index (χ2n) is 4.22. The highest BCUT2D eigenvalue weighted by Gasteiger charge is 2.15. The summed E-state index contributed by atoms with van der Waals surface area (Å²) in [5, 5.41) is 11.8. The van der Waals surface area contributed by atoms with E-state index in [1.54, 1.807) is 6.07 Å². The van der Waals surface area contributed by atoms with Crippen LogP contribution in [-0.2, 0) is 11.9 Å². The first-order valence-electron chi connectivity index (χ1n) is 5.91. The lowest BCUT2D eigenvalue weighted by molar-refractivity contribution is -0.385. The van der Waals surface area contributed by atoms with E-state index in [-0.39, 0.29) is 23.6 Å². The number of hydrogen-bond acceptors (Lipinski definition) is 3. The molecule has 0 aliphatic heterocycles. The van der Waals surface area contributed by atoms with Crippen molar-refractivity contribution in [3.05, 3.63) is 68.5 Å². The normalized spacial score (nSPS) is 10.4. The predicted molar refractivity (Wildman–Crippen MR) is 81.5 cm³/mol. The van der Waals surface area contributed by atoms with Gasteiger partial charge in [0.05, 0.1) is 10.5 Å². The fourth-order valence-electron chi connectivity index (χ4n) is 1.75. The van der Waals surface area contributed by atoms with Gasteiger partial charge in [-0.1, -0.05) is 33.6 Å². The van der Waals surface area contributed by atoms with Crippen molar-refractivity contribution in [2.45, 2.75) is 11.9 Å². The lowest BCUT2D eigenvalue weighted by atomic mass is 10.2. The third-order valence-corrected chi connectivity index (χ3v) is 3.65. The van der Waals surface area contributed by atoms with E-state index in [0.717, 1.165) is 5.56 Å². The van der Waals surface area contributed by atoms with Gasteiger partial charge in [0.15, 0.2) is 11.6 Å². The molecule has 0 saturated carbocycles. The van der Waals surface area contributed by atoms with Gasteiger partial charge in [0.2, 0.25) is 0 Å². The molecule has 0 unspecified atom stereocenters. The molecule has 2 aromatic carbocycles. The van der Waals surface area contributed by atoms with Crippen LogP contribution in [-0.4, -0.2) is 4.92 Å². The van der Waals surface area contributed by atoms with Gasteiger partial charge in [0, 0.05) is 16.4 Å². The topological polar surface area (TPSA) is 52.4 Å². The zero-order chi connectivity index (χ0) is 15.4. The third-order valence-electron chi connectivity index (χ3n) is 2.77. The predicted octanol–water partition coefficient (Wildman–Crippen LogP) is 4.86. The molecule has 0 aliphatic rings. The Hall–Kier alpha value is -1.66. The Kier molecular flexibility index (Phi) is 5.14. The summed E-state index contributed by atoms with van der Waals surface area (Å²) in [7, 11) is 0. The second kappa shape index (κ2) is 6.87. The molecule has 0 saturated heterocycles. The SMILES string of the molecule is O=[N+]([O-])c1ccc(Cl)cc1COc1ccc(CBr)cc1F. The minimum absolute atomic E-state index is 0.0361. The van der Waals surface area contributed by atoms with Gasteiger partial charge < -0.3 is 4.74 Å². The van der Waals surface area contributed by atoms with Crippen LogP contribution in [0.2, 0.25) is 5.02 Å². The molecule has 2 aromatic rings. The first-order valence-corrected chi connectivity index (χ1v) is 7.41. The summed E-state index contributed by atoms with van der Waals surface area (Å²) in [4.78, 5) is 10.4. The Morgan fingerprint density at radius 3 is 2.67 bits per heavy atom.